The number of hydrogen-bond acceptors (Lipinski definition) is 5. The molecule has 0 bridgehead atoms. The minimum atomic E-state index is -2.98. The highest BCUT2D eigenvalue weighted by Crippen LogP contribution is 2.30. The van der Waals surface area contributed by atoms with Crippen LogP contribution in [0.25, 0.3) is 0 Å². The van der Waals surface area contributed by atoms with Crippen LogP contribution in [0.1, 0.15) is 28.2 Å². The van der Waals surface area contributed by atoms with Crippen LogP contribution in [-0.4, -0.2) is 38.4 Å². The Bertz CT molecular complexity index is 615. The van der Waals surface area contributed by atoms with Crippen molar-refractivity contribution in [2.45, 2.75) is 38.3 Å². The molecule has 1 aliphatic heterocycles. The number of nitrogens with one attached hydrogen (secondary N) is 2. The van der Waals surface area contributed by atoms with Crippen molar-refractivity contribution in [2.24, 2.45) is 0 Å². The maximum atomic E-state index is 11.9. The number of rotatable bonds is 4. The first-order valence-electron chi connectivity index (χ1n) is 7.33. The molecule has 1 aliphatic carbocycles. The van der Waals surface area contributed by atoms with Crippen LogP contribution in [0.4, 0.5) is 0 Å². The Labute approximate surface area is 129 Å². The minimum absolute atomic E-state index is 0.0632. The molecule has 3 rings (SSSR count). The molecular weight excluding hydrogens is 308 g/mol. The van der Waals surface area contributed by atoms with Gasteiger partial charge in [0, 0.05) is 28.8 Å². The van der Waals surface area contributed by atoms with E-state index in [2.05, 4.69) is 16.7 Å². The molecule has 0 radical (unpaired) electrons. The second kappa shape index (κ2) is 6.06. The van der Waals surface area contributed by atoms with Crippen LogP contribution in [0.15, 0.2) is 6.07 Å². The van der Waals surface area contributed by atoms with Crippen LogP contribution in [0, 0.1) is 0 Å². The van der Waals surface area contributed by atoms with Gasteiger partial charge in [0.1, 0.15) is 0 Å². The van der Waals surface area contributed by atoms with Gasteiger partial charge in [-0.15, -0.1) is 11.3 Å². The zero-order valence-electron chi connectivity index (χ0n) is 11.9. The van der Waals surface area contributed by atoms with E-state index in [1.54, 1.807) is 11.3 Å². The van der Waals surface area contributed by atoms with Gasteiger partial charge in [0.15, 0.2) is 9.84 Å². The van der Waals surface area contributed by atoms with E-state index >= 15 is 0 Å². The molecular formula is C14H20N2O3S2. The fraction of sp³-hybridized carbons (Fsp3) is 0.643. The Morgan fingerprint density at radius 1 is 1.43 bits per heavy atom. The summed E-state index contributed by atoms with van der Waals surface area (Å²) < 4.78 is 23.1. The summed E-state index contributed by atoms with van der Waals surface area (Å²) in [6.45, 7) is 0.994. The molecule has 2 N–H and O–H groups in total. The summed E-state index contributed by atoms with van der Waals surface area (Å²) in [5.41, 5.74) is 1.43. The van der Waals surface area contributed by atoms with Gasteiger partial charge in [0.2, 0.25) is 5.91 Å². The lowest BCUT2D eigenvalue weighted by Gasteiger charge is -2.23. The molecule has 1 saturated heterocycles. The van der Waals surface area contributed by atoms with Crippen LogP contribution < -0.4 is 10.6 Å². The molecule has 0 aromatic carbocycles. The molecule has 5 nitrogen and oxygen atoms in total. The van der Waals surface area contributed by atoms with Gasteiger partial charge in [0.25, 0.3) is 0 Å². The lowest BCUT2D eigenvalue weighted by molar-refractivity contribution is -0.121. The molecule has 116 valence electrons. The molecule has 1 amide bonds. The summed E-state index contributed by atoms with van der Waals surface area (Å²) in [4.78, 5) is 14.6. The summed E-state index contributed by atoms with van der Waals surface area (Å²) in [7, 11) is -2.98. The van der Waals surface area contributed by atoms with Crippen molar-refractivity contribution in [3.8, 4) is 0 Å². The number of thiophene rings is 1. The Morgan fingerprint density at radius 3 is 3.05 bits per heavy atom. The summed E-state index contributed by atoms with van der Waals surface area (Å²) in [5.74, 6) is 0.151. The number of sulfone groups is 1. The third-order valence-electron chi connectivity index (χ3n) is 3.99. The van der Waals surface area contributed by atoms with Gasteiger partial charge in [-0.1, -0.05) is 0 Å². The highest BCUT2D eigenvalue weighted by Gasteiger charge is 2.26. The van der Waals surface area contributed by atoms with E-state index in [0.717, 1.165) is 12.8 Å². The summed E-state index contributed by atoms with van der Waals surface area (Å²) in [5, 5.41) is 6.00. The van der Waals surface area contributed by atoms with E-state index in [9.17, 15) is 13.2 Å². The second-order valence-electron chi connectivity index (χ2n) is 5.76. The van der Waals surface area contributed by atoms with Gasteiger partial charge in [-0.3, -0.25) is 4.79 Å². The van der Waals surface area contributed by atoms with Crippen molar-refractivity contribution in [3.63, 3.8) is 0 Å². The van der Waals surface area contributed by atoms with Crippen LogP contribution in [-0.2, 0) is 34.0 Å². The third-order valence-corrected chi connectivity index (χ3v) is 6.96. The lowest BCUT2D eigenvalue weighted by Crippen LogP contribution is -2.47. The lowest BCUT2D eigenvalue weighted by atomic mass is 10.2. The van der Waals surface area contributed by atoms with Gasteiger partial charge in [-0.2, -0.15) is 0 Å². The zero-order chi connectivity index (χ0) is 14.9. The maximum absolute atomic E-state index is 11.9. The first kappa shape index (κ1) is 15.0. The Hall–Kier alpha value is -0.920. The van der Waals surface area contributed by atoms with Gasteiger partial charge >= 0.3 is 0 Å². The predicted octanol–water partition coefficient (Wildman–Crippen LogP) is 0.630. The molecule has 1 atom stereocenters. The SMILES string of the molecule is O=C(CC1CS(=O)(=O)CCN1)NCc1cc2c(s1)CCC2. The summed E-state index contributed by atoms with van der Waals surface area (Å²) in [6.07, 6.45) is 3.79. The highest BCUT2D eigenvalue weighted by molar-refractivity contribution is 7.91. The maximum Gasteiger partial charge on any atom is 0.221 e. The first-order valence-corrected chi connectivity index (χ1v) is 9.96. The van der Waals surface area contributed by atoms with Crippen molar-refractivity contribution < 1.29 is 13.2 Å². The standard InChI is InChI=1S/C14H20N2O3S2/c17-14(7-11-9-21(18,19)5-4-15-11)16-8-12-6-10-2-1-3-13(10)20-12/h6,11,15H,1-5,7-9H2,(H,16,17). The van der Waals surface area contributed by atoms with Crippen LogP contribution >= 0.6 is 11.3 Å². The number of aryl methyl sites for hydroxylation is 2. The highest BCUT2D eigenvalue weighted by atomic mass is 32.2. The topological polar surface area (TPSA) is 75.3 Å². The van der Waals surface area contributed by atoms with E-state index in [-0.39, 0.29) is 29.9 Å². The van der Waals surface area contributed by atoms with Crippen molar-refractivity contribution in [2.75, 3.05) is 18.1 Å². The molecule has 1 aromatic heterocycles. The van der Waals surface area contributed by atoms with Gasteiger partial charge < -0.3 is 10.6 Å². The predicted molar refractivity (Wildman–Crippen MR) is 83.3 cm³/mol. The molecule has 1 aromatic rings. The molecule has 21 heavy (non-hydrogen) atoms. The van der Waals surface area contributed by atoms with E-state index in [0.29, 0.717) is 13.1 Å². The zero-order valence-corrected chi connectivity index (χ0v) is 13.5. The number of amides is 1. The summed E-state index contributed by atoms with van der Waals surface area (Å²) >= 11 is 1.78. The third kappa shape index (κ3) is 3.84. The molecule has 0 spiro atoms. The molecule has 2 heterocycles. The van der Waals surface area contributed by atoms with Crippen molar-refractivity contribution in [1.29, 1.82) is 0 Å². The number of hydrogen-bond donors (Lipinski definition) is 2. The number of fused-ring (bicyclic) bond motifs is 1. The van der Waals surface area contributed by atoms with Gasteiger partial charge in [-0.05, 0) is 30.9 Å². The van der Waals surface area contributed by atoms with Gasteiger partial charge in [-0.25, -0.2) is 8.42 Å². The smallest absolute Gasteiger partial charge is 0.221 e. The first-order chi connectivity index (χ1) is 10.0. The monoisotopic (exact) mass is 328 g/mol. The van der Waals surface area contributed by atoms with Crippen molar-refractivity contribution in [3.05, 3.63) is 21.4 Å². The number of carbonyl (C=O) groups is 1. The molecule has 2 aliphatic rings. The van der Waals surface area contributed by atoms with E-state index in [1.807, 2.05) is 0 Å². The van der Waals surface area contributed by atoms with Crippen LogP contribution in [0.5, 0.6) is 0 Å². The molecule has 1 fully saturated rings. The normalized spacial score (nSPS) is 23.7. The average molecular weight is 328 g/mol. The van der Waals surface area contributed by atoms with E-state index < -0.39 is 9.84 Å². The second-order valence-corrected chi connectivity index (χ2v) is 9.21. The fourth-order valence-corrected chi connectivity index (χ4v) is 5.60. The Kier molecular flexibility index (Phi) is 4.33. The van der Waals surface area contributed by atoms with Crippen LogP contribution in [0.3, 0.4) is 0 Å². The quantitative estimate of drug-likeness (QED) is 0.850. The summed E-state index contributed by atoms with van der Waals surface area (Å²) in [6, 6.07) is 1.94. The fourth-order valence-electron chi connectivity index (χ4n) is 2.96. The molecule has 1 unspecified atom stereocenters. The average Bonchev–Trinajstić information content (AvgIpc) is 2.95. The number of carbonyl (C=O) groups excluding carboxylic acids is 1. The van der Waals surface area contributed by atoms with Crippen molar-refractivity contribution in [1.82, 2.24) is 10.6 Å². The van der Waals surface area contributed by atoms with E-state index in [4.69, 9.17) is 0 Å². The van der Waals surface area contributed by atoms with Crippen LogP contribution in [0.2, 0.25) is 0 Å². The molecule has 0 saturated carbocycles. The van der Waals surface area contributed by atoms with E-state index in [1.165, 1.54) is 21.7 Å². The molecule has 7 heteroatoms. The largest absolute Gasteiger partial charge is 0.351 e. The Balaban J connectivity index is 1.48. The van der Waals surface area contributed by atoms with Crippen molar-refractivity contribution >= 4 is 27.1 Å². The Morgan fingerprint density at radius 2 is 2.29 bits per heavy atom. The van der Waals surface area contributed by atoms with Gasteiger partial charge in [0.05, 0.1) is 18.1 Å². The minimum Gasteiger partial charge on any atom is -0.351 e.